The molecule has 2 N–H and O–H groups in total. The van der Waals surface area contributed by atoms with E-state index in [1.165, 1.54) is 5.01 Å². The third-order valence-electron chi connectivity index (χ3n) is 3.28. The third kappa shape index (κ3) is 2.85. The molecule has 1 unspecified atom stereocenters. The molecule has 2 rings (SSSR count). The molecule has 1 amide bonds. The van der Waals surface area contributed by atoms with Crippen LogP contribution in [0.4, 0.5) is 5.82 Å². The number of nitrogens with zero attached hydrogens (tertiary/aromatic N) is 4. The smallest absolute Gasteiger partial charge is 0.257 e. The second-order valence-electron chi connectivity index (χ2n) is 5.93. The second kappa shape index (κ2) is 5.66. The second-order valence-corrected chi connectivity index (χ2v) is 5.93. The maximum absolute atomic E-state index is 12.6. The SMILES string of the molecule is CC(C)(C)C1=NN(c2cnccn2)C(=O)C1CCCN. The number of carbonyl (C=O) groups is 1. The van der Waals surface area contributed by atoms with E-state index in [4.69, 9.17) is 5.73 Å². The fourth-order valence-electron chi connectivity index (χ4n) is 2.31. The van der Waals surface area contributed by atoms with Crippen molar-refractivity contribution < 1.29 is 4.79 Å². The van der Waals surface area contributed by atoms with E-state index in [1.54, 1.807) is 18.6 Å². The normalized spacial score (nSPS) is 19.4. The van der Waals surface area contributed by atoms with Gasteiger partial charge < -0.3 is 5.73 Å². The van der Waals surface area contributed by atoms with Gasteiger partial charge in [0, 0.05) is 17.8 Å². The van der Waals surface area contributed by atoms with E-state index >= 15 is 0 Å². The lowest BCUT2D eigenvalue weighted by atomic mass is 9.80. The Morgan fingerprint density at radius 2 is 2.10 bits per heavy atom. The Bertz CT molecular complexity index is 506. The summed E-state index contributed by atoms with van der Waals surface area (Å²) < 4.78 is 0. The standard InChI is InChI=1S/C14H21N5O/c1-14(2,3)12-10(5-4-6-15)13(20)19(18-12)11-9-16-7-8-17-11/h7-10H,4-6,15H2,1-3H3. The molecule has 108 valence electrons. The number of nitrogens with two attached hydrogens (primary N) is 1. The van der Waals surface area contributed by atoms with Crippen molar-refractivity contribution in [1.29, 1.82) is 0 Å². The van der Waals surface area contributed by atoms with Gasteiger partial charge in [0.1, 0.15) is 0 Å². The first-order chi connectivity index (χ1) is 9.45. The largest absolute Gasteiger partial charge is 0.330 e. The highest BCUT2D eigenvalue weighted by Gasteiger charge is 2.41. The molecule has 0 bridgehead atoms. The number of amides is 1. The average molecular weight is 275 g/mol. The molecule has 1 aliphatic heterocycles. The highest BCUT2D eigenvalue weighted by Crippen LogP contribution is 2.32. The van der Waals surface area contributed by atoms with E-state index in [0.717, 1.165) is 18.6 Å². The van der Waals surface area contributed by atoms with E-state index < -0.39 is 0 Å². The molecule has 0 fully saturated rings. The van der Waals surface area contributed by atoms with Crippen LogP contribution in [0.15, 0.2) is 23.7 Å². The Morgan fingerprint density at radius 3 is 2.65 bits per heavy atom. The van der Waals surface area contributed by atoms with Crippen molar-refractivity contribution in [2.45, 2.75) is 33.6 Å². The number of anilines is 1. The molecule has 6 heteroatoms. The Hall–Kier alpha value is -1.82. The van der Waals surface area contributed by atoms with E-state index in [-0.39, 0.29) is 17.2 Å². The van der Waals surface area contributed by atoms with Gasteiger partial charge in [0.25, 0.3) is 5.91 Å². The number of hydrazone groups is 1. The van der Waals surface area contributed by atoms with Crippen molar-refractivity contribution in [1.82, 2.24) is 9.97 Å². The third-order valence-corrected chi connectivity index (χ3v) is 3.28. The molecule has 0 saturated heterocycles. The van der Waals surface area contributed by atoms with Crippen molar-refractivity contribution >= 4 is 17.4 Å². The molecule has 0 aromatic carbocycles. The number of hydrogen-bond acceptors (Lipinski definition) is 5. The Morgan fingerprint density at radius 1 is 1.35 bits per heavy atom. The van der Waals surface area contributed by atoms with Crippen molar-refractivity contribution in [2.75, 3.05) is 11.6 Å². The Labute approximate surface area is 119 Å². The minimum Gasteiger partial charge on any atom is -0.330 e. The number of aromatic nitrogens is 2. The predicted octanol–water partition coefficient (Wildman–Crippen LogP) is 1.58. The predicted molar refractivity (Wildman–Crippen MR) is 78.2 cm³/mol. The van der Waals surface area contributed by atoms with Gasteiger partial charge >= 0.3 is 0 Å². The van der Waals surface area contributed by atoms with Gasteiger partial charge in [0.2, 0.25) is 0 Å². The zero-order valence-corrected chi connectivity index (χ0v) is 12.2. The van der Waals surface area contributed by atoms with E-state index in [0.29, 0.717) is 12.4 Å². The Kier molecular flexibility index (Phi) is 4.13. The first-order valence-electron chi connectivity index (χ1n) is 6.84. The molecule has 1 aliphatic rings. The van der Waals surface area contributed by atoms with Crippen LogP contribution >= 0.6 is 0 Å². The van der Waals surface area contributed by atoms with Crippen LogP contribution in [0, 0.1) is 11.3 Å². The van der Waals surface area contributed by atoms with Gasteiger partial charge in [-0.1, -0.05) is 20.8 Å². The summed E-state index contributed by atoms with van der Waals surface area (Å²) in [7, 11) is 0. The Balaban J connectivity index is 2.33. The summed E-state index contributed by atoms with van der Waals surface area (Å²) in [5.74, 6) is 0.221. The van der Waals surface area contributed by atoms with Gasteiger partial charge in [-0.15, -0.1) is 0 Å². The summed E-state index contributed by atoms with van der Waals surface area (Å²) in [6.45, 7) is 6.77. The van der Waals surface area contributed by atoms with Gasteiger partial charge in [0.15, 0.2) is 5.82 Å². The van der Waals surface area contributed by atoms with Gasteiger partial charge in [-0.05, 0) is 19.4 Å². The van der Waals surface area contributed by atoms with Crippen molar-refractivity contribution in [3.8, 4) is 0 Å². The van der Waals surface area contributed by atoms with Gasteiger partial charge in [-0.2, -0.15) is 10.1 Å². The summed E-state index contributed by atoms with van der Waals surface area (Å²) in [6, 6.07) is 0. The fraction of sp³-hybridized carbons (Fsp3) is 0.571. The van der Waals surface area contributed by atoms with Gasteiger partial charge in [-0.25, -0.2) is 4.98 Å². The molecular formula is C14H21N5O. The van der Waals surface area contributed by atoms with Gasteiger partial charge in [-0.3, -0.25) is 9.78 Å². The van der Waals surface area contributed by atoms with Crippen LogP contribution in [0.3, 0.4) is 0 Å². The highest BCUT2D eigenvalue weighted by molar-refractivity contribution is 6.16. The molecule has 0 spiro atoms. The lowest BCUT2D eigenvalue weighted by molar-refractivity contribution is -0.120. The molecule has 20 heavy (non-hydrogen) atoms. The quantitative estimate of drug-likeness (QED) is 0.904. The van der Waals surface area contributed by atoms with Crippen LogP contribution in [-0.2, 0) is 4.79 Å². The van der Waals surface area contributed by atoms with E-state index in [1.807, 2.05) is 0 Å². The lowest BCUT2D eigenvalue weighted by Gasteiger charge is -2.22. The maximum atomic E-state index is 12.6. The molecule has 0 aliphatic carbocycles. The summed E-state index contributed by atoms with van der Waals surface area (Å²) in [5.41, 5.74) is 6.29. The monoisotopic (exact) mass is 275 g/mol. The van der Waals surface area contributed by atoms with Crippen molar-refractivity contribution in [3.05, 3.63) is 18.6 Å². The minimum atomic E-state index is -0.208. The van der Waals surface area contributed by atoms with E-state index in [9.17, 15) is 4.79 Å². The summed E-state index contributed by atoms with van der Waals surface area (Å²) in [5, 5.41) is 5.87. The van der Waals surface area contributed by atoms with Crippen LogP contribution < -0.4 is 10.7 Å². The molecule has 6 nitrogen and oxygen atoms in total. The lowest BCUT2D eigenvalue weighted by Crippen LogP contribution is -2.32. The molecule has 0 radical (unpaired) electrons. The molecule has 2 heterocycles. The van der Waals surface area contributed by atoms with Crippen LogP contribution in [0.2, 0.25) is 0 Å². The van der Waals surface area contributed by atoms with Gasteiger partial charge in [0.05, 0.1) is 17.8 Å². The molecule has 1 aromatic heterocycles. The number of rotatable bonds is 4. The van der Waals surface area contributed by atoms with Crippen molar-refractivity contribution in [2.24, 2.45) is 22.2 Å². The van der Waals surface area contributed by atoms with Crippen LogP contribution in [0.5, 0.6) is 0 Å². The van der Waals surface area contributed by atoms with Crippen molar-refractivity contribution in [3.63, 3.8) is 0 Å². The molecule has 1 aromatic rings. The highest BCUT2D eigenvalue weighted by atomic mass is 16.2. The van der Waals surface area contributed by atoms with Crippen LogP contribution in [-0.4, -0.2) is 28.1 Å². The minimum absolute atomic E-state index is 0.0381. The zero-order valence-electron chi connectivity index (χ0n) is 12.2. The topological polar surface area (TPSA) is 84.5 Å². The number of hydrogen-bond donors (Lipinski definition) is 1. The van der Waals surface area contributed by atoms with Crippen LogP contribution in [0.1, 0.15) is 33.6 Å². The number of carbonyl (C=O) groups excluding carboxylic acids is 1. The first kappa shape index (κ1) is 14.6. The fourth-order valence-corrected chi connectivity index (χ4v) is 2.31. The molecule has 0 saturated carbocycles. The van der Waals surface area contributed by atoms with E-state index in [2.05, 4.69) is 35.8 Å². The average Bonchev–Trinajstić information content (AvgIpc) is 2.74. The molecule has 1 atom stereocenters. The zero-order chi connectivity index (χ0) is 14.8. The summed E-state index contributed by atoms with van der Waals surface area (Å²) in [6.07, 6.45) is 6.21. The molecular weight excluding hydrogens is 254 g/mol. The summed E-state index contributed by atoms with van der Waals surface area (Å²) >= 11 is 0. The van der Waals surface area contributed by atoms with Crippen LogP contribution in [0.25, 0.3) is 0 Å². The summed E-state index contributed by atoms with van der Waals surface area (Å²) in [4.78, 5) is 20.7. The maximum Gasteiger partial charge on any atom is 0.257 e. The first-order valence-corrected chi connectivity index (χ1v) is 6.84.